The van der Waals surface area contributed by atoms with Crippen molar-refractivity contribution in [3.63, 3.8) is 0 Å². The Hall–Kier alpha value is -0.310. The molecular weight excluding hydrogens is 269 g/mol. The average molecular weight is 276 g/mol. The van der Waals surface area contributed by atoms with E-state index in [0.717, 1.165) is 0 Å². The van der Waals surface area contributed by atoms with E-state index >= 15 is 0 Å². The molecule has 0 aliphatic heterocycles. The van der Waals surface area contributed by atoms with Crippen molar-refractivity contribution in [1.82, 2.24) is 0 Å². The Morgan fingerprint density at radius 3 is 1.38 bits per heavy atom. The Bertz CT molecular complexity index is 231. The van der Waals surface area contributed by atoms with E-state index in [1.807, 2.05) is 0 Å². The van der Waals surface area contributed by atoms with E-state index in [4.69, 9.17) is 0 Å². The summed E-state index contributed by atoms with van der Waals surface area (Å²) in [6.45, 7) is 0. The normalized spacial score (nSPS) is 19.8. The van der Waals surface area contributed by atoms with Crippen LogP contribution in [0.1, 0.15) is 0 Å². The third-order valence-electron chi connectivity index (χ3n) is 1.08. The van der Waals surface area contributed by atoms with Gasteiger partial charge in [-0.05, 0) is 0 Å². The van der Waals surface area contributed by atoms with Crippen LogP contribution in [0, 0.1) is 0 Å². The predicted octanol–water partition coefficient (Wildman–Crippen LogP) is 2.90. The van der Waals surface area contributed by atoms with Gasteiger partial charge in [0.25, 0.3) is 25.6 Å². The first-order valence-electron chi connectivity index (χ1n) is 3.59. The summed E-state index contributed by atoms with van der Waals surface area (Å²) in [5.41, 5.74) is 0. The minimum atomic E-state index is -5.13. The van der Waals surface area contributed by atoms with Crippen molar-refractivity contribution >= 4 is 7.82 Å². The number of alkyl halides is 6. The van der Waals surface area contributed by atoms with Gasteiger partial charge in [-0.25, -0.2) is 40.0 Å². The molecule has 4 nitrogen and oxygen atoms in total. The van der Waals surface area contributed by atoms with Crippen molar-refractivity contribution in [1.29, 1.82) is 0 Å². The maximum atomic E-state index is 12.2. The third-order valence-corrected chi connectivity index (χ3v) is 2.45. The third kappa shape index (κ3) is 5.15. The van der Waals surface area contributed by atoms with E-state index in [-0.39, 0.29) is 0 Å². The zero-order valence-electron chi connectivity index (χ0n) is 7.66. The summed E-state index contributed by atoms with van der Waals surface area (Å²) in [4.78, 5) is 0. The number of phosphoric acid groups is 1. The van der Waals surface area contributed by atoms with Crippen LogP contribution >= 0.6 is 7.82 Å². The van der Waals surface area contributed by atoms with Crippen LogP contribution in [0.15, 0.2) is 0 Å². The summed E-state index contributed by atoms with van der Waals surface area (Å²) in [5.74, 6) is 0. The van der Waals surface area contributed by atoms with E-state index in [1.165, 1.54) is 0 Å². The highest BCUT2D eigenvalue weighted by Gasteiger charge is 2.39. The Balaban J connectivity index is 4.48. The zero-order chi connectivity index (χ0) is 12.9. The molecule has 0 saturated heterocycles. The Kier molecular flexibility index (Phi) is 6.31. The molecule has 0 saturated carbocycles. The van der Waals surface area contributed by atoms with Crippen LogP contribution in [0.4, 0.5) is 26.3 Å². The maximum absolute atomic E-state index is 12.2. The molecule has 11 heteroatoms. The molecule has 98 valence electrons. The fourth-order valence-electron chi connectivity index (χ4n) is 0.450. The van der Waals surface area contributed by atoms with Gasteiger partial charge in [-0.2, -0.15) is 0 Å². The highest BCUT2D eigenvalue weighted by Crippen LogP contribution is 2.52. The SMILES string of the molecule is COP(=O)(OC(F)C(F)F)OC(F)C(F)F. The molecule has 0 spiro atoms. The van der Waals surface area contributed by atoms with Gasteiger partial charge in [0.2, 0.25) is 0 Å². The smallest absolute Gasteiger partial charge is 0.290 e. The first-order valence-corrected chi connectivity index (χ1v) is 5.05. The molecule has 0 aliphatic rings. The lowest BCUT2D eigenvalue weighted by Crippen LogP contribution is -2.20. The second-order valence-corrected chi connectivity index (χ2v) is 3.89. The zero-order valence-corrected chi connectivity index (χ0v) is 8.55. The first-order chi connectivity index (χ1) is 7.22. The second-order valence-electron chi connectivity index (χ2n) is 2.21. The number of halogens is 6. The first kappa shape index (κ1) is 15.7. The molecule has 2 atom stereocenters. The second kappa shape index (κ2) is 6.43. The lowest BCUT2D eigenvalue weighted by molar-refractivity contribution is -0.118. The molecule has 0 aliphatic carbocycles. The van der Waals surface area contributed by atoms with Gasteiger partial charge in [-0.3, -0.25) is 4.52 Å². The molecule has 0 amide bonds. The Labute approximate surface area is 86.1 Å². The maximum Gasteiger partial charge on any atom is 0.480 e. The Morgan fingerprint density at radius 2 is 1.19 bits per heavy atom. The average Bonchev–Trinajstić information content (AvgIpc) is 2.17. The largest absolute Gasteiger partial charge is 0.480 e. The van der Waals surface area contributed by atoms with Crippen LogP contribution in [-0.2, 0) is 18.1 Å². The fraction of sp³-hybridized carbons (Fsp3) is 1.00. The lowest BCUT2D eigenvalue weighted by atomic mass is 10.7. The van der Waals surface area contributed by atoms with Crippen LogP contribution in [0.5, 0.6) is 0 Å². The number of phosphoric ester groups is 1. The molecule has 0 rings (SSSR count). The minimum Gasteiger partial charge on any atom is -0.290 e. The van der Waals surface area contributed by atoms with Crippen LogP contribution in [0.3, 0.4) is 0 Å². The van der Waals surface area contributed by atoms with Crippen LogP contribution in [-0.4, -0.2) is 32.7 Å². The summed E-state index contributed by atoms with van der Waals surface area (Å²) in [7, 11) is -4.61. The van der Waals surface area contributed by atoms with Crippen LogP contribution in [0.2, 0.25) is 0 Å². The van der Waals surface area contributed by atoms with Gasteiger partial charge in [-0.1, -0.05) is 0 Å². The fourth-order valence-corrected chi connectivity index (χ4v) is 1.35. The van der Waals surface area contributed by atoms with Gasteiger partial charge in [0.1, 0.15) is 0 Å². The summed E-state index contributed by atoms with van der Waals surface area (Å²) < 4.78 is 92.5. The van der Waals surface area contributed by atoms with Gasteiger partial charge < -0.3 is 0 Å². The van der Waals surface area contributed by atoms with Gasteiger partial charge in [0, 0.05) is 7.11 Å². The molecule has 0 aromatic carbocycles. The molecule has 16 heavy (non-hydrogen) atoms. The highest BCUT2D eigenvalue weighted by atomic mass is 31.2. The van der Waals surface area contributed by atoms with Crippen molar-refractivity contribution < 1.29 is 44.5 Å². The summed E-state index contributed by atoms with van der Waals surface area (Å²) in [5, 5.41) is 0. The Morgan fingerprint density at radius 1 is 0.875 bits per heavy atom. The number of hydrogen-bond donors (Lipinski definition) is 0. The standard InChI is InChI=1S/C5H7F6O4P/c1-13-16(12,14-4(10)2(6)7)15-5(11)3(8)9/h2-5H,1H3. The molecule has 0 bridgehead atoms. The van der Waals surface area contributed by atoms with E-state index in [9.17, 15) is 30.9 Å². The minimum absolute atomic E-state index is 0.525. The van der Waals surface area contributed by atoms with E-state index < -0.39 is 33.4 Å². The molecule has 2 unspecified atom stereocenters. The molecule has 0 aromatic rings. The van der Waals surface area contributed by atoms with E-state index in [2.05, 4.69) is 13.6 Å². The van der Waals surface area contributed by atoms with Gasteiger partial charge in [0.05, 0.1) is 0 Å². The summed E-state index contributed by atoms with van der Waals surface area (Å²) in [6.07, 6.45) is -14.2. The lowest BCUT2D eigenvalue weighted by Gasteiger charge is -2.19. The molecule has 0 aromatic heterocycles. The van der Waals surface area contributed by atoms with E-state index in [0.29, 0.717) is 7.11 Å². The van der Waals surface area contributed by atoms with Crippen molar-refractivity contribution in [2.45, 2.75) is 25.6 Å². The van der Waals surface area contributed by atoms with Crippen molar-refractivity contribution in [2.24, 2.45) is 0 Å². The molecular formula is C5H7F6O4P. The quantitative estimate of drug-likeness (QED) is 0.529. The number of hydrogen-bond acceptors (Lipinski definition) is 4. The molecule has 0 radical (unpaired) electrons. The van der Waals surface area contributed by atoms with Gasteiger partial charge >= 0.3 is 7.82 Å². The molecule has 0 fully saturated rings. The monoisotopic (exact) mass is 276 g/mol. The topological polar surface area (TPSA) is 44.8 Å². The molecule has 0 heterocycles. The van der Waals surface area contributed by atoms with Gasteiger partial charge in [-0.15, -0.1) is 0 Å². The van der Waals surface area contributed by atoms with Gasteiger partial charge in [0.15, 0.2) is 0 Å². The van der Waals surface area contributed by atoms with E-state index in [1.54, 1.807) is 0 Å². The van der Waals surface area contributed by atoms with Crippen LogP contribution in [0.25, 0.3) is 0 Å². The summed E-state index contributed by atoms with van der Waals surface area (Å²) in [6, 6.07) is 0. The summed E-state index contributed by atoms with van der Waals surface area (Å²) >= 11 is 0. The van der Waals surface area contributed by atoms with Crippen molar-refractivity contribution in [3.8, 4) is 0 Å². The number of rotatable bonds is 7. The van der Waals surface area contributed by atoms with Crippen molar-refractivity contribution in [2.75, 3.05) is 7.11 Å². The molecule has 0 N–H and O–H groups in total. The highest BCUT2D eigenvalue weighted by molar-refractivity contribution is 7.48. The van der Waals surface area contributed by atoms with Crippen LogP contribution < -0.4 is 0 Å². The predicted molar refractivity (Wildman–Crippen MR) is 38.6 cm³/mol. The van der Waals surface area contributed by atoms with Crippen molar-refractivity contribution in [3.05, 3.63) is 0 Å².